The first kappa shape index (κ1) is 15.4. The topological polar surface area (TPSA) is 78.0 Å². The zero-order valence-electron chi connectivity index (χ0n) is 12.8. The Labute approximate surface area is 121 Å². The molecule has 0 aromatic carbocycles. The van der Waals surface area contributed by atoms with E-state index in [2.05, 4.69) is 32.8 Å². The van der Waals surface area contributed by atoms with Gasteiger partial charge in [0.05, 0.1) is 23.2 Å². The molecule has 0 aliphatic carbocycles. The fourth-order valence-corrected chi connectivity index (χ4v) is 4.48. The van der Waals surface area contributed by atoms with Gasteiger partial charge in [-0.2, -0.15) is 5.10 Å². The molecule has 114 valence electrons. The van der Waals surface area contributed by atoms with Gasteiger partial charge in [-0.05, 0) is 18.8 Å². The molecule has 1 aliphatic rings. The minimum Gasteiger partial charge on any atom is -0.384 e. The van der Waals surface area contributed by atoms with E-state index in [1.807, 2.05) is 0 Å². The number of hydrogen-bond donors (Lipinski definition) is 1. The van der Waals surface area contributed by atoms with Crippen LogP contribution in [0, 0.1) is 5.92 Å². The molecule has 0 radical (unpaired) electrons. The summed E-state index contributed by atoms with van der Waals surface area (Å²) in [6.07, 6.45) is 1.45. The van der Waals surface area contributed by atoms with Crippen LogP contribution in [0.2, 0.25) is 0 Å². The van der Waals surface area contributed by atoms with Gasteiger partial charge in [-0.3, -0.25) is 0 Å². The lowest BCUT2D eigenvalue weighted by atomic mass is 9.91. The predicted octanol–water partition coefficient (Wildman–Crippen LogP) is 2.15. The van der Waals surface area contributed by atoms with E-state index in [1.165, 1.54) is 0 Å². The second-order valence-corrected chi connectivity index (χ2v) is 8.37. The lowest BCUT2D eigenvalue weighted by Gasteiger charge is -2.14. The van der Waals surface area contributed by atoms with Crippen LogP contribution in [-0.4, -0.2) is 29.7 Å². The molecule has 0 bridgehead atoms. The first-order valence-corrected chi connectivity index (χ1v) is 9.16. The monoisotopic (exact) mass is 299 g/mol. The van der Waals surface area contributed by atoms with Gasteiger partial charge in [0.25, 0.3) is 0 Å². The second kappa shape index (κ2) is 5.39. The van der Waals surface area contributed by atoms with Gasteiger partial charge in [-0.15, -0.1) is 0 Å². The van der Waals surface area contributed by atoms with E-state index in [1.54, 1.807) is 4.68 Å². The van der Waals surface area contributed by atoms with Crippen LogP contribution in [0.15, 0.2) is 0 Å². The molecule has 1 fully saturated rings. The van der Waals surface area contributed by atoms with E-state index >= 15 is 0 Å². The van der Waals surface area contributed by atoms with Crippen molar-refractivity contribution in [2.45, 2.75) is 52.5 Å². The van der Waals surface area contributed by atoms with Crippen LogP contribution in [-0.2, 0) is 16.3 Å². The summed E-state index contributed by atoms with van der Waals surface area (Å²) < 4.78 is 25.1. The minimum absolute atomic E-state index is 0.0987. The van der Waals surface area contributed by atoms with Crippen molar-refractivity contribution in [1.82, 2.24) is 9.78 Å². The van der Waals surface area contributed by atoms with Gasteiger partial charge in [0.15, 0.2) is 9.84 Å². The largest absolute Gasteiger partial charge is 0.384 e. The molecule has 2 heterocycles. The van der Waals surface area contributed by atoms with Crippen molar-refractivity contribution in [2.75, 3.05) is 17.2 Å². The van der Waals surface area contributed by atoms with Gasteiger partial charge in [-0.25, -0.2) is 13.1 Å². The van der Waals surface area contributed by atoms with E-state index in [9.17, 15) is 8.42 Å². The van der Waals surface area contributed by atoms with Crippen molar-refractivity contribution >= 4 is 15.7 Å². The maximum Gasteiger partial charge on any atom is 0.152 e. The Bertz CT molecular complexity index is 590. The van der Waals surface area contributed by atoms with Gasteiger partial charge in [-0.1, -0.05) is 27.7 Å². The predicted molar refractivity (Wildman–Crippen MR) is 81.6 cm³/mol. The average molecular weight is 299 g/mol. The van der Waals surface area contributed by atoms with E-state index < -0.39 is 9.84 Å². The zero-order chi connectivity index (χ0) is 15.1. The average Bonchev–Trinajstić information content (AvgIpc) is 2.88. The third-order valence-corrected chi connectivity index (χ3v) is 6.17. The molecule has 1 aromatic rings. The lowest BCUT2D eigenvalue weighted by molar-refractivity contribution is 0.474. The van der Waals surface area contributed by atoms with Crippen LogP contribution in [0.25, 0.3) is 0 Å². The molecule has 20 heavy (non-hydrogen) atoms. The molecule has 2 N–H and O–H groups in total. The van der Waals surface area contributed by atoms with Crippen LogP contribution in [0.3, 0.4) is 0 Å². The number of nitrogen functional groups attached to an aromatic ring is 1. The Morgan fingerprint density at radius 3 is 2.50 bits per heavy atom. The van der Waals surface area contributed by atoms with Gasteiger partial charge in [0.2, 0.25) is 0 Å². The van der Waals surface area contributed by atoms with E-state index in [0.29, 0.717) is 24.1 Å². The molecule has 5 nitrogen and oxygen atoms in total. The summed E-state index contributed by atoms with van der Waals surface area (Å²) in [4.78, 5) is 0. The van der Waals surface area contributed by atoms with E-state index in [4.69, 9.17) is 5.73 Å². The molecule has 1 saturated heterocycles. The molecular weight excluding hydrogens is 274 g/mol. The molecule has 2 unspecified atom stereocenters. The summed E-state index contributed by atoms with van der Waals surface area (Å²) in [5.74, 6) is 1.87. The van der Waals surface area contributed by atoms with Crippen molar-refractivity contribution in [3.8, 4) is 0 Å². The van der Waals surface area contributed by atoms with Crippen molar-refractivity contribution in [3.63, 3.8) is 0 Å². The summed E-state index contributed by atoms with van der Waals surface area (Å²) >= 11 is 0. The molecule has 2 rings (SSSR count). The molecular formula is C14H25N3O2S. The highest BCUT2D eigenvalue weighted by Gasteiger charge is 2.32. The Balaban J connectivity index is 2.41. The second-order valence-electron chi connectivity index (χ2n) is 6.14. The number of hydrogen-bond acceptors (Lipinski definition) is 4. The molecule has 1 aromatic heterocycles. The Hall–Kier alpha value is -1.04. The maximum absolute atomic E-state index is 11.6. The van der Waals surface area contributed by atoms with Crippen LogP contribution in [0.5, 0.6) is 0 Å². The number of nitrogens with zero attached hydrogens (tertiary/aromatic N) is 2. The summed E-state index contributed by atoms with van der Waals surface area (Å²) in [6.45, 7) is 8.56. The third-order valence-electron chi connectivity index (χ3n) is 4.42. The SMILES string of the molecule is CCc1c(C(C)C(C)C)nn(C2CCS(=O)(=O)C2)c1N. The number of rotatable bonds is 4. The normalized spacial score (nSPS) is 23.4. The van der Waals surface area contributed by atoms with E-state index in [0.717, 1.165) is 17.7 Å². The van der Waals surface area contributed by atoms with Crippen molar-refractivity contribution in [1.29, 1.82) is 0 Å². The quantitative estimate of drug-likeness (QED) is 0.924. The lowest BCUT2D eigenvalue weighted by Crippen LogP contribution is -2.15. The van der Waals surface area contributed by atoms with Gasteiger partial charge in [0, 0.05) is 11.5 Å². The summed E-state index contributed by atoms with van der Waals surface area (Å²) in [6, 6.07) is -0.0987. The van der Waals surface area contributed by atoms with Crippen molar-refractivity contribution < 1.29 is 8.42 Å². The van der Waals surface area contributed by atoms with Crippen LogP contribution in [0.4, 0.5) is 5.82 Å². The highest BCUT2D eigenvalue weighted by molar-refractivity contribution is 7.91. The van der Waals surface area contributed by atoms with Gasteiger partial charge >= 0.3 is 0 Å². The Morgan fingerprint density at radius 2 is 2.05 bits per heavy atom. The van der Waals surface area contributed by atoms with Gasteiger partial charge in [0.1, 0.15) is 5.82 Å². The fourth-order valence-electron chi connectivity index (χ4n) is 2.79. The summed E-state index contributed by atoms with van der Waals surface area (Å²) in [5, 5.41) is 4.68. The van der Waals surface area contributed by atoms with Crippen molar-refractivity contribution in [3.05, 3.63) is 11.3 Å². The number of sulfone groups is 1. The standard InChI is InChI=1S/C14H25N3O2S/c1-5-12-13(10(4)9(2)3)16-17(14(12)15)11-6-7-20(18,19)8-11/h9-11H,5-8,15H2,1-4H3. The number of nitrogens with two attached hydrogens (primary N) is 1. The molecule has 1 aliphatic heterocycles. The Kier molecular flexibility index (Phi) is 4.14. The van der Waals surface area contributed by atoms with E-state index in [-0.39, 0.29) is 17.5 Å². The maximum atomic E-state index is 11.6. The zero-order valence-corrected chi connectivity index (χ0v) is 13.6. The summed E-state index contributed by atoms with van der Waals surface area (Å²) in [5.41, 5.74) is 8.34. The first-order valence-electron chi connectivity index (χ1n) is 7.34. The summed E-state index contributed by atoms with van der Waals surface area (Å²) in [7, 11) is -2.92. The van der Waals surface area contributed by atoms with Crippen LogP contribution >= 0.6 is 0 Å². The minimum atomic E-state index is -2.92. The number of anilines is 1. The molecule has 0 amide bonds. The highest BCUT2D eigenvalue weighted by atomic mass is 32.2. The van der Waals surface area contributed by atoms with Crippen LogP contribution < -0.4 is 5.73 Å². The molecule has 0 spiro atoms. The highest BCUT2D eigenvalue weighted by Crippen LogP contribution is 2.33. The smallest absolute Gasteiger partial charge is 0.152 e. The Morgan fingerprint density at radius 1 is 1.40 bits per heavy atom. The molecule has 2 atom stereocenters. The van der Waals surface area contributed by atoms with Gasteiger partial charge < -0.3 is 5.73 Å². The fraction of sp³-hybridized carbons (Fsp3) is 0.786. The molecule has 0 saturated carbocycles. The van der Waals surface area contributed by atoms with Crippen molar-refractivity contribution in [2.24, 2.45) is 5.92 Å². The molecule has 6 heteroatoms. The third kappa shape index (κ3) is 2.71. The first-order chi connectivity index (χ1) is 9.26. The number of aromatic nitrogens is 2. The van der Waals surface area contributed by atoms with Crippen LogP contribution in [0.1, 0.15) is 57.3 Å².